The van der Waals surface area contributed by atoms with Crippen LogP contribution in [0.4, 0.5) is 5.69 Å². The van der Waals surface area contributed by atoms with Gasteiger partial charge in [-0.05, 0) is 27.7 Å². The second kappa shape index (κ2) is 6.74. The van der Waals surface area contributed by atoms with Gasteiger partial charge in [0.25, 0.3) is 0 Å². The van der Waals surface area contributed by atoms with Gasteiger partial charge in [0.2, 0.25) is 5.91 Å². The zero-order chi connectivity index (χ0) is 17.3. The minimum absolute atomic E-state index is 0.00316. The molecule has 1 amide bonds. The number of carbonyl (C=O) groups excluding carboxylic acids is 1. The molecule has 2 N–H and O–H groups in total. The molecule has 3 aromatic heterocycles. The molecule has 0 aliphatic heterocycles. The fourth-order valence-electron chi connectivity index (χ4n) is 2.67. The number of nitrogens with zero attached hydrogens (tertiary/aromatic N) is 4. The summed E-state index contributed by atoms with van der Waals surface area (Å²) in [6.07, 6.45) is 3.97. The summed E-state index contributed by atoms with van der Waals surface area (Å²) in [7, 11) is 0. The average molecular weight is 346 g/mol. The van der Waals surface area contributed by atoms with Crippen LogP contribution in [0.3, 0.4) is 0 Å². The highest BCUT2D eigenvalue weighted by atomic mass is 32.1. The maximum absolute atomic E-state index is 12.2. The van der Waals surface area contributed by atoms with Crippen molar-refractivity contribution in [1.29, 1.82) is 0 Å². The molecule has 0 radical (unpaired) electrons. The number of fused-ring (bicyclic) bond motifs is 1. The predicted molar refractivity (Wildman–Crippen MR) is 95.5 cm³/mol. The molecule has 0 fully saturated rings. The normalized spacial score (nSPS) is 12.7. The summed E-state index contributed by atoms with van der Waals surface area (Å²) in [4.78, 5) is 17.7. The van der Waals surface area contributed by atoms with Gasteiger partial charge in [0.1, 0.15) is 0 Å². The molecule has 0 bridgehead atoms. The molecule has 24 heavy (non-hydrogen) atoms. The van der Waals surface area contributed by atoms with Gasteiger partial charge in [0, 0.05) is 30.4 Å². The van der Waals surface area contributed by atoms with Crippen molar-refractivity contribution in [3.8, 4) is 0 Å². The number of thiazole rings is 1. The van der Waals surface area contributed by atoms with E-state index in [1.807, 2.05) is 54.6 Å². The van der Waals surface area contributed by atoms with Gasteiger partial charge in [-0.2, -0.15) is 5.10 Å². The van der Waals surface area contributed by atoms with Gasteiger partial charge in [-0.3, -0.25) is 13.9 Å². The van der Waals surface area contributed by atoms with Gasteiger partial charge in [-0.1, -0.05) is 0 Å². The first-order valence-corrected chi connectivity index (χ1v) is 8.87. The summed E-state index contributed by atoms with van der Waals surface area (Å²) in [6, 6.07) is 0.00316. The Kier molecular flexibility index (Phi) is 4.68. The first kappa shape index (κ1) is 16.7. The average Bonchev–Trinajstić information content (AvgIpc) is 3.21. The lowest BCUT2D eigenvalue weighted by Gasteiger charge is -2.11. The fourth-order valence-corrected chi connectivity index (χ4v) is 3.38. The van der Waals surface area contributed by atoms with Gasteiger partial charge in [0.05, 0.1) is 29.3 Å². The summed E-state index contributed by atoms with van der Waals surface area (Å²) in [5.74, 6) is -0.0790. The first-order valence-electron chi connectivity index (χ1n) is 7.99. The Balaban J connectivity index is 1.59. The van der Waals surface area contributed by atoms with Gasteiger partial charge in [-0.15, -0.1) is 11.3 Å². The molecular weight excluding hydrogens is 324 g/mol. The summed E-state index contributed by atoms with van der Waals surface area (Å²) in [5.41, 5.74) is 3.55. The van der Waals surface area contributed by atoms with Crippen LogP contribution in [0.25, 0.3) is 4.96 Å². The zero-order valence-electron chi connectivity index (χ0n) is 14.3. The number of carbonyl (C=O) groups is 1. The van der Waals surface area contributed by atoms with Crippen LogP contribution in [-0.2, 0) is 11.3 Å². The molecule has 0 saturated carbocycles. The number of rotatable bonds is 6. The Morgan fingerprint density at radius 1 is 1.42 bits per heavy atom. The number of hydrogen-bond donors (Lipinski definition) is 2. The number of aryl methyl sites for hydroxylation is 2. The Morgan fingerprint density at radius 3 is 2.88 bits per heavy atom. The molecule has 3 aromatic rings. The summed E-state index contributed by atoms with van der Waals surface area (Å²) in [6.45, 7) is 8.92. The van der Waals surface area contributed by atoms with Crippen LogP contribution in [0.5, 0.6) is 0 Å². The largest absolute Gasteiger partial charge is 0.322 e. The molecule has 128 valence electrons. The Morgan fingerprint density at radius 2 is 2.21 bits per heavy atom. The van der Waals surface area contributed by atoms with E-state index in [0.717, 1.165) is 34.3 Å². The van der Waals surface area contributed by atoms with Crippen LogP contribution in [0.2, 0.25) is 0 Å². The van der Waals surface area contributed by atoms with Crippen LogP contribution in [-0.4, -0.2) is 31.6 Å². The van der Waals surface area contributed by atoms with Crippen LogP contribution in [0.15, 0.2) is 17.8 Å². The number of anilines is 1. The van der Waals surface area contributed by atoms with Gasteiger partial charge in [-0.25, -0.2) is 4.98 Å². The zero-order valence-corrected chi connectivity index (χ0v) is 15.1. The predicted octanol–water partition coefficient (Wildman–Crippen LogP) is 2.52. The molecule has 1 atom stereocenters. The van der Waals surface area contributed by atoms with E-state index in [2.05, 4.69) is 20.7 Å². The topological polar surface area (TPSA) is 76.2 Å². The lowest BCUT2D eigenvalue weighted by molar-refractivity contribution is -0.115. The van der Waals surface area contributed by atoms with Crippen molar-refractivity contribution < 1.29 is 4.79 Å². The fraction of sp³-hybridized carbons (Fsp3) is 0.438. The van der Waals surface area contributed by atoms with Crippen molar-refractivity contribution in [1.82, 2.24) is 24.5 Å². The van der Waals surface area contributed by atoms with Crippen molar-refractivity contribution in [2.45, 2.75) is 40.3 Å². The van der Waals surface area contributed by atoms with Crippen molar-refractivity contribution in [3.05, 3.63) is 34.9 Å². The van der Waals surface area contributed by atoms with Crippen LogP contribution in [0.1, 0.15) is 37.0 Å². The maximum Gasteiger partial charge on any atom is 0.238 e. The van der Waals surface area contributed by atoms with Crippen LogP contribution in [0, 0.1) is 13.8 Å². The molecule has 0 spiro atoms. The number of hydrogen-bond acceptors (Lipinski definition) is 5. The third-order valence-corrected chi connectivity index (χ3v) is 4.84. The third-order valence-electron chi connectivity index (χ3n) is 4.07. The highest BCUT2D eigenvalue weighted by Crippen LogP contribution is 2.19. The van der Waals surface area contributed by atoms with E-state index in [-0.39, 0.29) is 18.5 Å². The Hall–Kier alpha value is -2.19. The second-order valence-corrected chi connectivity index (χ2v) is 6.64. The minimum Gasteiger partial charge on any atom is -0.322 e. The maximum atomic E-state index is 12.2. The monoisotopic (exact) mass is 346 g/mol. The highest BCUT2D eigenvalue weighted by Gasteiger charge is 2.15. The van der Waals surface area contributed by atoms with E-state index in [9.17, 15) is 4.79 Å². The summed E-state index contributed by atoms with van der Waals surface area (Å²) >= 11 is 1.59. The Labute approximate surface area is 144 Å². The number of nitrogens with one attached hydrogen (secondary N) is 2. The van der Waals surface area contributed by atoms with E-state index >= 15 is 0 Å². The van der Waals surface area contributed by atoms with Crippen molar-refractivity contribution in [2.24, 2.45) is 0 Å². The van der Waals surface area contributed by atoms with E-state index in [0.29, 0.717) is 0 Å². The first-order chi connectivity index (χ1) is 11.5. The number of amides is 1. The molecule has 8 heteroatoms. The molecule has 1 unspecified atom stereocenters. The lowest BCUT2D eigenvalue weighted by atomic mass is 10.2. The summed E-state index contributed by atoms with van der Waals surface area (Å²) in [5, 5.41) is 12.6. The lowest BCUT2D eigenvalue weighted by Crippen LogP contribution is -2.30. The molecule has 3 rings (SSSR count). The highest BCUT2D eigenvalue weighted by molar-refractivity contribution is 7.15. The van der Waals surface area contributed by atoms with Gasteiger partial charge in [0.15, 0.2) is 4.96 Å². The van der Waals surface area contributed by atoms with Crippen molar-refractivity contribution >= 4 is 27.9 Å². The SMILES string of the molecule is CCn1nc(C)c(NC(=O)CNC(C)c2cn3ccsc3n2)c1C. The molecule has 7 nitrogen and oxygen atoms in total. The minimum atomic E-state index is -0.0790. The van der Waals surface area contributed by atoms with Crippen LogP contribution < -0.4 is 10.6 Å². The molecule has 0 aliphatic carbocycles. The molecule has 0 saturated heterocycles. The van der Waals surface area contributed by atoms with Crippen LogP contribution >= 0.6 is 11.3 Å². The molecule has 3 heterocycles. The summed E-state index contributed by atoms with van der Waals surface area (Å²) < 4.78 is 3.88. The molecular formula is C16H22N6OS. The quantitative estimate of drug-likeness (QED) is 0.719. The molecule has 0 aromatic carbocycles. The van der Waals surface area contributed by atoms with E-state index in [1.54, 1.807) is 11.3 Å². The van der Waals surface area contributed by atoms with E-state index < -0.39 is 0 Å². The van der Waals surface area contributed by atoms with E-state index in [4.69, 9.17) is 0 Å². The smallest absolute Gasteiger partial charge is 0.238 e. The van der Waals surface area contributed by atoms with E-state index in [1.165, 1.54) is 0 Å². The van der Waals surface area contributed by atoms with Gasteiger partial charge >= 0.3 is 0 Å². The second-order valence-electron chi connectivity index (χ2n) is 5.77. The van der Waals surface area contributed by atoms with Crippen molar-refractivity contribution in [3.63, 3.8) is 0 Å². The third kappa shape index (κ3) is 3.20. The van der Waals surface area contributed by atoms with Crippen molar-refractivity contribution in [2.75, 3.05) is 11.9 Å². The Bertz CT molecular complexity index is 833. The standard InChI is InChI=1S/C16H22N6OS/c1-5-22-12(4)15(11(3)20-22)19-14(23)8-17-10(2)13-9-21-6-7-24-16(21)18-13/h6-7,9-10,17H,5,8H2,1-4H3,(H,19,23). The van der Waals surface area contributed by atoms with Gasteiger partial charge < -0.3 is 10.6 Å². The number of imidazole rings is 1. The number of aromatic nitrogens is 4. The molecule has 0 aliphatic rings.